The van der Waals surface area contributed by atoms with E-state index in [-0.39, 0.29) is 5.75 Å². The van der Waals surface area contributed by atoms with Gasteiger partial charge in [-0.25, -0.2) is 9.97 Å². The number of phenolic OH excluding ortho intramolecular Hbond substituents is 1. The zero-order valence-electron chi connectivity index (χ0n) is 15.3. The molecule has 0 bridgehead atoms. The predicted octanol–water partition coefficient (Wildman–Crippen LogP) is 3.02. The topological polar surface area (TPSA) is 80.9 Å². The first kappa shape index (κ1) is 17.4. The average Bonchev–Trinajstić information content (AvgIpc) is 3.22. The molecule has 4 rings (SSSR count). The van der Waals surface area contributed by atoms with Crippen LogP contribution < -0.4 is 9.47 Å². The number of aromatic nitrogens is 2. The third-order valence-corrected chi connectivity index (χ3v) is 4.68. The lowest BCUT2D eigenvalue weighted by Gasteiger charge is -2.28. The minimum atomic E-state index is 0.0793. The standard InChI is InChI=1S/C20H21N3O4/c1-25-18-9-13(8-16(24)19(18)26-2)11-23-6-5-15-14(12-23)10-21-20(22-15)17-4-3-7-27-17/h3-4,7-10,24H,5-6,11-12H2,1-2H3. The van der Waals surface area contributed by atoms with Gasteiger partial charge in [0.25, 0.3) is 0 Å². The number of phenols is 1. The second-order valence-corrected chi connectivity index (χ2v) is 6.45. The minimum Gasteiger partial charge on any atom is -0.504 e. The van der Waals surface area contributed by atoms with Crippen LogP contribution in [0.15, 0.2) is 41.1 Å². The highest BCUT2D eigenvalue weighted by Gasteiger charge is 2.21. The monoisotopic (exact) mass is 367 g/mol. The van der Waals surface area contributed by atoms with Gasteiger partial charge in [-0.1, -0.05) is 0 Å². The lowest BCUT2D eigenvalue weighted by atomic mass is 10.1. The van der Waals surface area contributed by atoms with E-state index in [1.54, 1.807) is 19.4 Å². The van der Waals surface area contributed by atoms with Crippen molar-refractivity contribution in [2.45, 2.75) is 19.5 Å². The van der Waals surface area contributed by atoms with E-state index in [0.717, 1.165) is 36.3 Å². The summed E-state index contributed by atoms with van der Waals surface area (Å²) in [5.41, 5.74) is 3.13. The van der Waals surface area contributed by atoms with Crippen LogP contribution in [-0.4, -0.2) is 40.7 Å². The number of nitrogens with zero attached hydrogens (tertiary/aromatic N) is 3. The van der Waals surface area contributed by atoms with Crippen LogP contribution in [0.5, 0.6) is 17.2 Å². The summed E-state index contributed by atoms with van der Waals surface area (Å²) in [4.78, 5) is 11.4. The van der Waals surface area contributed by atoms with Crippen molar-refractivity contribution in [3.05, 3.63) is 53.5 Å². The molecule has 0 atom stereocenters. The fourth-order valence-electron chi connectivity index (χ4n) is 3.38. The molecule has 7 heteroatoms. The van der Waals surface area contributed by atoms with Crippen LogP contribution in [-0.2, 0) is 19.5 Å². The van der Waals surface area contributed by atoms with E-state index in [9.17, 15) is 5.11 Å². The summed E-state index contributed by atoms with van der Waals surface area (Å²) in [5.74, 6) is 2.26. The van der Waals surface area contributed by atoms with Gasteiger partial charge < -0.3 is 19.0 Å². The number of ether oxygens (including phenoxy) is 2. The van der Waals surface area contributed by atoms with Crippen molar-refractivity contribution in [2.75, 3.05) is 20.8 Å². The molecule has 1 aliphatic heterocycles. The minimum absolute atomic E-state index is 0.0793. The highest BCUT2D eigenvalue weighted by atomic mass is 16.5. The van der Waals surface area contributed by atoms with Crippen LogP contribution in [0.2, 0.25) is 0 Å². The molecule has 2 aromatic heterocycles. The molecule has 0 amide bonds. The molecule has 0 spiro atoms. The molecule has 0 unspecified atom stereocenters. The van der Waals surface area contributed by atoms with Crippen LogP contribution in [0.4, 0.5) is 0 Å². The van der Waals surface area contributed by atoms with Gasteiger partial charge in [-0.15, -0.1) is 0 Å². The van der Waals surface area contributed by atoms with Crippen LogP contribution in [0.3, 0.4) is 0 Å². The van der Waals surface area contributed by atoms with E-state index in [1.165, 1.54) is 7.11 Å². The van der Waals surface area contributed by atoms with E-state index in [2.05, 4.69) is 14.9 Å². The highest BCUT2D eigenvalue weighted by molar-refractivity contribution is 5.53. The smallest absolute Gasteiger partial charge is 0.203 e. The van der Waals surface area contributed by atoms with Crippen molar-refractivity contribution < 1.29 is 19.0 Å². The molecule has 1 aliphatic rings. The van der Waals surface area contributed by atoms with Crippen molar-refractivity contribution in [1.82, 2.24) is 14.9 Å². The number of methoxy groups -OCH3 is 2. The summed E-state index contributed by atoms with van der Waals surface area (Å²) >= 11 is 0. The van der Waals surface area contributed by atoms with Gasteiger partial charge in [0.05, 0.1) is 26.2 Å². The Balaban J connectivity index is 1.51. The fraction of sp³-hybridized carbons (Fsp3) is 0.300. The molecule has 0 saturated carbocycles. The van der Waals surface area contributed by atoms with Crippen molar-refractivity contribution >= 4 is 0 Å². The zero-order valence-corrected chi connectivity index (χ0v) is 15.3. The first-order chi connectivity index (χ1) is 13.2. The Kier molecular flexibility index (Phi) is 4.68. The Bertz CT molecular complexity index is 941. The highest BCUT2D eigenvalue weighted by Crippen LogP contribution is 2.38. The van der Waals surface area contributed by atoms with Gasteiger partial charge >= 0.3 is 0 Å². The molecule has 1 N–H and O–H groups in total. The van der Waals surface area contributed by atoms with E-state index >= 15 is 0 Å². The summed E-state index contributed by atoms with van der Waals surface area (Å²) < 4.78 is 15.9. The molecule has 0 radical (unpaired) electrons. The molecule has 3 heterocycles. The third kappa shape index (κ3) is 3.46. The molecule has 0 fully saturated rings. The SMILES string of the molecule is COc1cc(CN2CCc3nc(-c4ccco4)ncc3C2)cc(O)c1OC. The van der Waals surface area contributed by atoms with Crippen molar-refractivity contribution in [3.63, 3.8) is 0 Å². The number of benzene rings is 1. The number of hydrogen-bond donors (Lipinski definition) is 1. The van der Waals surface area contributed by atoms with Crippen LogP contribution in [0, 0.1) is 0 Å². The summed E-state index contributed by atoms with van der Waals surface area (Å²) in [7, 11) is 3.07. The van der Waals surface area contributed by atoms with Gasteiger partial charge in [0, 0.05) is 37.8 Å². The maximum Gasteiger partial charge on any atom is 0.203 e. The molecule has 7 nitrogen and oxygen atoms in total. The zero-order chi connectivity index (χ0) is 18.8. The normalized spacial score (nSPS) is 14.0. The molecule has 0 aliphatic carbocycles. The number of hydrogen-bond acceptors (Lipinski definition) is 7. The maximum absolute atomic E-state index is 10.2. The molecule has 140 valence electrons. The molecule has 3 aromatic rings. The van der Waals surface area contributed by atoms with Gasteiger partial charge in [0.15, 0.2) is 23.1 Å². The van der Waals surface area contributed by atoms with Crippen molar-refractivity contribution in [2.24, 2.45) is 0 Å². The molecular weight excluding hydrogens is 346 g/mol. The van der Waals surface area contributed by atoms with E-state index < -0.39 is 0 Å². The number of furan rings is 1. The first-order valence-corrected chi connectivity index (χ1v) is 8.73. The second kappa shape index (κ2) is 7.28. The Morgan fingerprint density at radius 2 is 2.15 bits per heavy atom. The van der Waals surface area contributed by atoms with Gasteiger partial charge in [0.2, 0.25) is 5.75 Å². The first-order valence-electron chi connectivity index (χ1n) is 8.73. The summed E-state index contributed by atoms with van der Waals surface area (Å²) in [6.07, 6.45) is 4.33. The molecule has 0 saturated heterocycles. The van der Waals surface area contributed by atoms with Crippen LogP contribution in [0.1, 0.15) is 16.8 Å². The van der Waals surface area contributed by atoms with Gasteiger partial charge in [-0.2, -0.15) is 0 Å². The lowest BCUT2D eigenvalue weighted by Crippen LogP contribution is -2.31. The van der Waals surface area contributed by atoms with Gasteiger partial charge in [-0.3, -0.25) is 4.90 Å². The summed E-state index contributed by atoms with van der Waals surface area (Å²) in [6, 6.07) is 7.30. The predicted molar refractivity (Wildman–Crippen MR) is 98.8 cm³/mol. The maximum atomic E-state index is 10.2. The van der Waals surface area contributed by atoms with Crippen molar-refractivity contribution in [3.8, 4) is 28.8 Å². The molecule has 27 heavy (non-hydrogen) atoms. The summed E-state index contributed by atoms with van der Waals surface area (Å²) in [5, 5.41) is 10.2. The second-order valence-electron chi connectivity index (χ2n) is 6.45. The largest absolute Gasteiger partial charge is 0.504 e. The molecule has 1 aromatic carbocycles. The Labute approximate surface area is 157 Å². The fourth-order valence-corrected chi connectivity index (χ4v) is 3.38. The lowest BCUT2D eigenvalue weighted by molar-refractivity contribution is 0.241. The Morgan fingerprint density at radius 3 is 2.89 bits per heavy atom. The number of aromatic hydroxyl groups is 1. The Hall–Kier alpha value is -3.06. The van der Waals surface area contributed by atoms with E-state index in [1.807, 2.05) is 24.4 Å². The van der Waals surface area contributed by atoms with Gasteiger partial charge in [-0.05, 0) is 29.8 Å². The average molecular weight is 367 g/mol. The number of fused-ring (bicyclic) bond motifs is 1. The van der Waals surface area contributed by atoms with Crippen molar-refractivity contribution in [1.29, 1.82) is 0 Å². The van der Waals surface area contributed by atoms with E-state index in [4.69, 9.17) is 13.9 Å². The molecular formula is C20H21N3O4. The van der Waals surface area contributed by atoms with Gasteiger partial charge in [0.1, 0.15) is 0 Å². The number of rotatable bonds is 5. The van der Waals surface area contributed by atoms with Crippen LogP contribution >= 0.6 is 0 Å². The van der Waals surface area contributed by atoms with Crippen LogP contribution in [0.25, 0.3) is 11.6 Å². The summed E-state index contributed by atoms with van der Waals surface area (Å²) in [6.45, 7) is 2.31. The van der Waals surface area contributed by atoms with E-state index in [0.29, 0.717) is 29.6 Å². The third-order valence-electron chi connectivity index (χ3n) is 4.68. The quantitative estimate of drug-likeness (QED) is 0.742. The Morgan fingerprint density at radius 1 is 1.26 bits per heavy atom.